The zero-order chi connectivity index (χ0) is 13.7. The Balaban J connectivity index is 1.78. The summed E-state index contributed by atoms with van der Waals surface area (Å²) in [5.41, 5.74) is -0.969. The van der Waals surface area contributed by atoms with Crippen molar-refractivity contribution in [1.29, 1.82) is 0 Å². The van der Waals surface area contributed by atoms with Crippen LogP contribution in [-0.2, 0) is 9.59 Å². The van der Waals surface area contributed by atoms with Crippen molar-refractivity contribution in [3.63, 3.8) is 0 Å². The van der Waals surface area contributed by atoms with Crippen LogP contribution in [0.25, 0.3) is 0 Å². The van der Waals surface area contributed by atoms with Gasteiger partial charge in [0.15, 0.2) is 0 Å². The molecule has 0 spiro atoms. The maximum atomic E-state index is 12.0. The molecule has 2 aliphatic carbocycles. The summed E-state index contributed by atoms with van der Waals surface area (Å²) in [6, 6.07) is 0. The Hall–Kier alpha value is -1.06. The average molecular weight is 267 g/mol. The molecule has 19 heavy (non-hydrogen) atoms. The fourth-order valence-electron chi connectivity index (χ4n) is 3.51. The third-order valence-corrected chi connectivity index (χ3v) is 4.75. The lowest BCUT2D eigenvalue weighted by atomic mass is 9.86. The molecule has 0 heterocycles. The molecule has 0 unspecified atom stereocenters. The molecule has 4 nitrogen and oxygen atoms in total. The van der Waals surface area contributed by atoms with E-state index in [4.69, 9.17) is 0 Å². The number of nitrogens with one attached hydrogen (secondary N) is 1. The first kappa shape index (κ1) is 14.4. The number of aliphatic carboxylic acids is 1. The molecule has 2 rings (SSSR count). The molecule has 0 radical (unpaired) electrons. The van der Waals surface area contributed by atoms with Gasteiger partial charge < -0.3 is 10.4 Å². The Morgan fingerprint density at radius 1 is 1.05 bits per heavy atom. The second-order valence-electron chi connectivity index (χ2n) is 6.19. The first-order valence-corrected chi connectivity index (χ1v) is 7.67. The third-order valence-electron chi connectivity index (χ3n) is 4.75. The molecule has 108 valence electrons. The molecule has 4 heteroatoms. The Morgan fingerprint density at radius 3 is 2.26 bits per heavy atom. The van der Waals surface area contributed by atoms with E-state index in [2.05, 4.69) is 5.32 Å². The summed E-state index contributed by atoms with van der Waals surface area (Å²) in [5, 5.41) is 12.1. The Kier molecular flexibility index (Phi) is 4.83. The average Bonchev–Trinajstić information content (AvgIpc) is 2.87. The van der Waals surface area contributed by atoms with Gasteiger partial charge in [-0.15, -0.1) is 0 Å². The first-order chi connectivity index (χ1) is 9.12. The second-order valence-corrected chi connectivity index (χ2v) is 6.19. The number of carbonyl (C=O) groups excluding carboxylic acids is 1. The topological polar surface area (TPSA) is 66.4 Å². The van der Waals surface area contributed by atoms with Gasteiger partial charge in [-0.1, -0.05) is 44.9 Å². The molecular weight excluding hydrogens is 242 g/mol. The first-order valence-electron chi connectivity index (χ1n) is 7.67. The largest absolute Gasteiger partial charge is 0.480 e. The lowest BCUT2D eigenvalue weighted by Gasteiger charge is -2.26. The molecule has 2 fully saturated rings. The Morgan fingerprint density at radius 2 is 1.68 bits per heavy atom. The summed E-state index contributed by atoms with van der Waals surface area (Å²) in [7, 11) is 0. The van der Waals surface area contributed by atoms with Gasteiger partial charge in [0, 0.05) is 6.42 Å². The molecule has 0 aliphatic heterocycles. The number of amides is 1. The Labute approximate surface area is 115 Å². The van der Waals surface area contributed by atoms with Crippen molar-refractivity contribution in [3.8, 4) is 0 Å². The number of carboxylic acids is 1. The zero-order valence-corrected chi connectivity index (χ0v) is 11.6. The normalized spacial score (nSPS) is 23.2. The van der Waals surface area contributed by atoms with Gasteiger partial charge in [0.1, 0.15) is 5.54 Å². The van der Waals surface area contributed by atoms with Crippen LogP contribution in [0.4, 0.5) is 0 Å². The standard InChI is InChI=1S/C15H25NO3/c17-13(9-8-12-6-2-1-3-7-12)16-15(14(18)19)10-4-5-11-15/h12H,1-11H2,(H,16,17)(H,18,19). The summed E-state index contributed by atoms with van der Waals surface area (Å²) in [4.78, 5) is 23.3. The van der Waals surface area contributed by atoms with Crippen LogP contribution in [0.1, 0.15) is 70.6 Å². The van der Waals surface area contributed by atoms with E-state index in [-0.39, 0.29) is 5.91 Å². The van der Waals surface area contributed by atoms with E-state index in [9.17, 15) is 14.7 Å². The summed E-state index contributed by atoms with van der Waals surface area (Å²) >= 11 is 0. The number of hydrogen-bond acceptors (Lipinski definition) is 2. The van der Waals surface area contributed by atoms with Crippen LogP contribution in [0.15, 0.2) is 0 Å². The van der Waals surface area contributed by atoms with Gasteiger partial charge in [0.05, 0.1) is 0 Å². The van der Waals surface area contributed by atoms with Gasteiger partial charge in [-0.05, 0) is 25.2 Å². The molecule has 0 bridgehead atoms. The van der Waals surface area contributed by atoms with Crippen LogP contribution < -0.4 is 5.32 Å². The van der Waals surface area contributed by atoms with E-state index in [1.807, 2.05) is 0 Å². The van der Waals surface area contributed by atoms with Crippen LogP contribution in [0, 0.1) is 5.92 Å². The summed E-state index contributed by atoms with van der Waals surface area (Å²) in [6.45, 7) is 0. The van der Waals surface area contributed by atoms with E-state index in [0.29, 0.717) is 25.2 Å². The molecule has 0 saturated heterocycles. The van der Waals surface area contributed by atoms with Gasteiger partial charge in [-0.25, -0.2) is 4.79 Å². The van der Waals surface area contributed by atoms with Crippen molar-refractivity contribution in [2.75, 3.05) is 0 Å². The van der Waals surface area contributed by atoms with Crippen molar-refractivity contribution in [2.24, 2.45) is 5.92 Å². The highest BCUT2D eigenvalue weighted by atomic mass is 16.4. The summed E-state index contributed by atoms with van der Waals surface area (Å²) in [6.07, 6.45) is 10.7. The van der Waals surface area contributed by atoms with Crippen molar-refractivity contribution in [1.82, 2.24) is 5.32 Å². The van der Waals surface area contributed by atoms with Gasteiger partial charge in [-0.2, -0.15) is 0 Å². The lowest BCUT2D eigenvalue weighted by molar-refractivity contribution is -0.147. The number of rotatable bonds is 5. The van der Waals surface area contributed by atoms with Gasteiger partial charge in [0.2, 0.25) is 5.91 Å². The lowest BCUT2D eigenvalue weighted by Crippen LogP contribution is -2.52. The Bertz CT molecular complexity index is 328. The minimum absolute atomic E-state index is 0.0742. The van der Waals surface area contributed by atoms with Gasteiger partial charge in [0.25, 0.3) is 0 Å². The van der Waals surface area contributed by atoms with Crippen molar-refractivity contribution in [2.45, 2.75) is 76.2 Å². The maximum Gasteiger partial charge on any atom is 0.329 e. The molecule has 2 saturated carbocycles. The highest BCUT2D eigenvalue weighted by molar-refractivity contribution is 5.87. The smallest absolute Gasteiger partial charge is 0.329 e. The van der Waals surface area contributed by atoms with E-state index in [1.54, 1.807) is 0 Å². The predicted molar refractivity (Wildman–Crippen MR) is 72.8 cm³/mol. The monoisotopic (exact) mass is 267 g/mol. The predicted octanol–water partition coefficient (Wildman–Crippen LogP) is 2.86. The number of carboxylic acid groups (broad SMARTS) is 1. The molecule has 0 aromatic rings. The zero-order valence-electron chi connectivity index (χ0n) is 11.6. The van der Waals surface area contributed by atoms with Crippen molar-refractivity contribution >= 4 is 11.9 Å². The molecule has 2 N–H and O–H groups in total. The van der Waals surface area contributed by atoms with E-state index < -0.39 is 11.5 Å². The van der Waals surface area contributed by atoms with Crippen molar-refractivity contribution < 1.29 is 14.7 Å². The minimum Gasteiger partial charge on any atom is -0.480 e. The maximum absolute atomic E-state index is 12.0. The molecule has 0 aromatic heterocycles. The minimum atomic E-state index is -0.969. The van der Waals surface area contributed by atoms with Crippen LogP contribution in [-0.4, -0.2) is 22.5 Å². The number of carbonyl (C=O) groups is 2. The molecule has 0 aromatic carbocycles. The highest BCUT2D eigenvalue weighted by Gasteiger charge is 2.42. The van der Waals surface area contributed by atoms with Crippen molar-refractivity contribution in [3.05, 3.63) is 0 Å². The highest BCUT2D eigenvalue weighted by Crippen LogP contribution is 2.31. The van der Waals surface area contributed by atoms with E-state index in [0.717, 1.165) is 19.3 Å². The van der Waals surface area contributed by atoms with Crippen LogP contribution in [0.2, 0.25) is 0 Å². The molecule has 2 aliphatic rings. The summed E-state index contributed by atoms with van der Waals surface area (Å²) < 4.78 is 0. The van der Waals surface area contributed by atoms with E-state index >= 15 is 0 Å². The SMILES string of the molecule is O=C(CCC1CCCCC1)NC1(C(=O)O)CCCC1. The molecule has 0 atom stereocenters. The van der Waals surface area contributed by atoms with Crippen LogP contribution >= 0.6 is 0 Å². The molecule has 1 amide bonds. The fraction of sp³-hybridized carbons (Fsp3) is 0.867. The summed E-state index contributed by atoms with van der Waals surface area (Å²) in [5.74, 6) is -0.269. The van der Waals surface area contributed by atoms with Gasteiger partial charge >= 0.3 is 5.97 Å². The van der Waals surface area contributed by atoms with E-state index in [1.165, 1.54) is 32.1 Å². The fourth-order valence-corrected chi connectivity index (χ4v) is 3.51. The van der Waals surface area contributed by atoms with Crippen LogP contribution in [0.3, 0.4) is 0 Å². The molecular formula is C15H25NO3. The number of hydrogen-bond donors (Lipinski definition) is 2. The van der Waals surface area contributed by atoms with Gasteiger partial charge in [-0.3, -0.25) is 4.79 Å². The third kappa shape index (κ3) is 3.71. The quantitative estimate of drug-likeness (QED) is 0.805. The second kappa shape index (κ2) is 6.40. The van der Waals surface area contributed by atoms with Crippen LogP contribution in [0.5, 0.6) is 0 Å².